The van der Waals surface area contributed by atoms with Crippen molar-refractivity contribution in [2.45, 2.75) is 123 Å². The van der Waals surface area contributed by atoms with Gasteiger partial charge in [-0.15, -0.1) is 0 Å². The highest BCUT2D eigenvalue weighted by atomic mass is 19.2. The summed E-state index contributed by atoms with van der Waals surface area (Å²) < 4.78 is 29.4. The summed E-state index contributed by atoms with van der Waals surface area (Å²) >= 11 is 0. The van der Waals surface area contributed by atoms with E-state index >= 15 is 0 Å². The predicted octanol–water partition coefficient (Wildman–Crippen LogP) is 10.9. The van der Waals surface area contributed by atoms with E-state index in [1.54, 1.807) is 0 Å². The van der Waals surface area contributed by atoms with Crippen molar-refractivity contribution in [2.24, 2.45) is 29.6 Å². The second-order valence-corrected chi connectivity index (χ2v) is 12.2. The van der Waals surface area contributed by atoms with Crippen LogP contribution in [0.15, 0.2) is 30.4 Å². The highest BCUT2D eigenvalue weighted by molar-refractivity contribution is 5.67. The van der Waals surface area contributed by atoms with Gasteiger partial charge in [0.15, 0.2) is 11.6 Å². The molecular formula is C34H50F2. The Bertz CT molecular complexity index is 865. The lowest BCUT2D eigenvalue weighted by molar-refractivity contribution is 0.128. The quantitative estimate of drug-likeness (QED) is 0.223. The van der Waals surface area contributed by atoms with Gasteiger partial charge in [0.05, 0.1) is 0 Å². The zero-order chi connectivity index (χ0) is 25.3. The first-order valence-corrected chi connectivity index (χ1v) is 15.4. The highest BCUT2D eigenvalue weighted by Gasteiger charge is 2.33. The molecule has 0 heterocycles. The van der Waals surface area contributed by atoms with E-state index in [0.29, 0.717) is 17.5 Å². The molecule has 4 rings (SSSR count). The number of benzene rings is 1. The van der Waals surface area contributed by atoms with Crippen molar-refractivity contribution in [1.82, 2.24) is 0 Å². The van der Waals surface area contributed by atoms with Gasteiger partial charge in [-0.05, 0) is 131 Å². The number of rotatable bonds is 10. The van der Waals surface area contributed by atoms with Gasteiger partial charge in [0.1, 0.15) is 0 Å². The molecule has 0 saturated heterocycles. The van der Waals surface area contributed by atoms with Crippen LogP contribution in [0.5, 0.6) is 0 Å². The summed E-state index contributed by atoms with van der Waals surface area (Å²) in [6.07, 6.45) is 27.9. The normalized spacial score (nSPS) is 29.4. The van der Waals surface area contributed by atoms with Crippen LogP contribution in [-0.4, -0.2) is 0 Å². The zero-order valence-electron chi connectivity index (χ0n) is 23.1. The minimum absolute atomic E-state index is 0.505. The van der Waals surface area contributed by atoms with Crippen LogP contribution in [0.4, 0.5) is 8.78 Å². The number of unbranched alkanes of at least 4 members (excludes halogenated alkanes) is 3. The lowest BCUT2D eigenvalue weighted by atomic mass is 9.66. The summed E-state index contributed by atoms with van der Waals surface area (Å²) in [5, 5.41) is 0. The number of hydrogen-bond acceptors (Lipinski definition) is 0. The van der Waals surface area contributed by atoms with Crippen LogP contribution in [-0.2, 0) is 6.42 Å². The van der Waals surface area contributed by atoms with E-state index in [1.165, 1.54) is 70.6 Å². The summed E-state index contributed by atoms with van der Waals surface area (Å²) in [7, 11) is 0. The van der Waals surface area contributed by atoms with E-state index in [9.17, 15) is 8.78 Å². The third-order valence-corrected chi connectivity index (χ3v) is 9.86. The first-order chi connectivity index (χ1) is 17.6. The molecule has 0 spiro atoms. The molecule has 0 nitrogen and oxygen atoms in total. The van der Waals surface area contributed by atoms with Gasteiger partial charge in [0.25, 0.3) is 0 Å². The van der Waals surface area contributed by atoms with Crippen molar-refractivity contribution in [2.75, 3.05) is 0 Å². The Morgan fingerprint density at radius 1 is 0.750 bits per heavy atom. The zero-order valence-corrected chi connectivity index (χ0v) is 23.1. The van der Waals surface area contributed by atoms with Gasteiger partial charge in [-0.1, -0.05) is 63.5 Å². The number of halogens is 2. The van der Waals surface area contributed by atoms with Crippen molar-refractivity contribution >= 4 is 5.57 Å². The molecule has 2 heteroatoms. The minimum Gasteiger partial charge on any atom is -0.203 e. The van der Waals surface area contributed by atoms with E-state index in [1.807, 2.05) is 12.1 Å². The number of allylic oxidation sites excluding steroid dienone is 4. The molecule has 1 aromatic carbocycles. The van der Waals surface area contributed by atoms with Crippen LogP contribution in [0.3, 0.4) is 0 Å². The van der Waals surface area contributed by atoms with Crippen LogP contribution in [0.1, 0.15) is 128 Å². The molecule has 0 N–H and O–H groups in total. The average Bonchev–Trinajstić information content (AvgIpc) is 2.93. The molecule has 200 valence electrons. The lowest BCUT2D eigenvalue weighted by Gasteiger charge is -2.40. The standard InChI is InChI=1S/C34H50F2/c1-3-5-7-8-9-25-11-13-26(14-12-25)27-15-17-28(18-16-27)29-19-21-30(22-20-29)32-24-23-31(10-6-4-2)33(35)34(32)36/h8-9,21,23-29H,3-7,10-20,22H2,1-2H3/b9-8+. The Balaban J connectivity index is 1.23. The topological polar surface area (TPSA) is 0 Å². The van der Waals surface area contributed by atoms with Gasteiger partial charge in [-0.3, -0.25) is 0 Å². The van der Waals surface area contributed by atoms with Crippen molar-refractivity contribution in [1.29, 1.82) is 0 Å². The van der Waals surface area contributed by atoms with Crippen molar-refractivity contribution < 1.29 is 8.78 Å². The maximum atomic E-state index is 14.8. The first-order valence-electron chi connectivity index (χ1n) is 15.4. The molecule has 0 radical (unpaired) electrons. The van der Waals surface area contributed by atoms with Crippen LogP contribution < -0.4 is 0 Å². The summed E-state index contributed by atoms with van der Waals surface area (Å²) in [5.41, 5.74) is 2.06. The number of hydrogen-bond donors (Lipinski definition) is 0. The Hall–Kier alpha value is -1.44. The van der Waals surface area contributed by atoms with Crippen molar-refractivity contribution in [3.63, 3.8) is 0 Å². The fourth-order valence-corrected chi connectivity index (χ4v) is 7.43. The fourth-order valence-electron chi connectivity index (χ4n) is 7.43. The summed E-state index contributed by atoms with van der Waals surface area (Å²) in [5.74, 6) is 3.06. The third kappa shape index (κ3) is 7.11. The molecule has 0 amide bonds. The maximum absolute atomic E-state index is 14.8. The fraction of sp³-hybridized carbons (Fsp3) is 0.706. The summed E-state index contributed by atoms with van der Waals surface area (Å²) in [6.45, 7) is 4.35. The molecule has 36 heavy (non-hydrogen) atoms. The van der Waals surface area contributed by atoms with E-state index in [0.717, 1.165) is 67.3 Å². The van der Waals surface area contributed by atoms with Crippen molar-refractivity contribution in [3.05, 3.63) is 53.1 Å². The third-order valence-electron chi connectivity index (χ3n) is 9.86. The van der Waals surface area contributed by atoms with Gasteiger partial charge < -0.3 is 0 Å². The van der Waals surface area contributed by atoms with Crippen LogP contribution in [0.2, 0.25) is 0 Å². The largest absolute Gasteiger partial charge is 0.203 e. The molecule has 0 bridgehead atoms. The van der Waals surface area contributed by atoms with Crippen LogP contribution in [0.25, 0.3) is 5.57 Å². The van der Waals surface area contributed by atoms with E-state index < -0.39 is 11.6 Å². The Kier molecular flexibility index (Phi) is 10.7. The van der Waals surface area contributed by atoms with Gasteiger partial charge in [0, 0.05) is 5.56 Å². The molecule has 1 aromatic rings. The highest BCUT2D eigenvalue weighted by Crippen LogP contribution is 2.46. The average molecular weight is 497 g/mol. The SMILES string of the molecule is CCCC/C=C/C1CCC(C2CCC(C3CC=C(c4ccc(CCCC)c(F)c4F)CC3)CC2)CC1. The van der Waals surface area contributed by atoms with E-state index in [2.05, 4.69) is 32.1 Å². The molecular weight excluding hydrogens is 446 g/mol. The Labute approximate surface area is 220 Å². The molecule has 0 aliphatic heterocycles. The molecule has 2 saturated carbocycles. The molecule has 3 aliphatic carbocycles. The van der Waals surface area contributed by atoms with E-state index in [-0.39, 0.29) is 0 Å². The van der Waals surface area contributed by atoms with E-state index in [4.69, 9.17) is 0 Å². The van der Waals surface area contributed by atoms with Gasteiger partial charge >= 0.3 is 0 Å². The van der Waals surface area contributed by atoms with Gasteiger partial charge in [-0.25, -0.2) is 8.78 Å². The first kappa shape index (κ1) is 27.6. The number of aryl methyl sites for hydroxylation is 1. The van der Waals surface area contributed by atoms with Gasteiger partial charge in [-0.2, -0.15) is 0 Å². The molecule has 3 aliphatic rings. The lowest BCUT2D eigenvalue weighted by Crippen LogP contribution is -2.28. The smallest absolute Gasteiger partial charge is 0.166 e. The second kappa shape index (κ2) is 13.9. The van der Waals surface area contributed by atoms with Crippen LogP contribution in [0, 0.1) is 41.2 Å². The molecule has 2 fully saturated rings. The monoisotopic (exact) mass is 496 g/mol. The maximum Gasteiger partial charge on any atom is 0.166 e. The molecule has 1 atom stereocenters. The Morgan fingerprint density at radius 3 is 2.00 bits per heavy atom. The van der Waals surface area contributed by atoms with Crippen molar-refractivity contribution in [3.8, 4) is 0 Å². The summed E-state index contributed by atoms with van der Waals surface area (Å²) in [6, 6.07) is 3.64. The second-order valence-electron chi connectivity index (χ2n) is 12.2. The van der Waals surface area contributed by atoms with Crippen LogP contribution >= 0.6 is 0 Å². The minimum atomic E-state index is -0.625. The predicted molar refractivity (Wildman–Crippen MR) is 150 cm³/mol. The Morgan fingerprint density at radius 2 is 1.39 bits per heavy atom. The molecule has 1 unspecified atom stereocenters. The molecule has 0 aromatic heterocycles. The van der Waals surface area contributed by atoms with Gasteiger partial charge in [0.2, 0.25) is 0 Å². The summed E-state index contributed by atoms with van der Waals surface area (Å²) in [4.78, 5) is 0.